The summed E-state index contributed by atoms with van der Waals surface area (Å²) in [5.41, 5.74) is 2.70. The second-order valence-corrected chi connectivity index (χ2v) is 7.05. The van der Waals surface area contributed by atoms with Gasteiger partial charge in [0.25, 0.3) is 5.56 Å². The van der Waals surface area contributed by atoms with E-state index in [1.165, 1.54) is 5.56 Å². The highest BCUT2D eigenvalue weighted by atomic mass is 16.6. The van der Waals surface area contributed by atoms with Gasteiger partial charge in [0, 0.05) is 24.8 Å². The minimum absolute atomic E-state index is 0.0364. The Balaban J connectivity index is 1.43. The third kappa shape index (κ3) is 3.06. The SMILES string of the molecule is O=c1cc(CN2CCCC2c2ccc3c(c2)OCCO3)nc2ccccn12. The van der Waals surface area contributed by atoms with Crippen LogP contribution in [0.5, 0.6) is 11.5 Å². The fourth-order valence-electron chi connectivity index (χ4n) is 4.05. The first-order chi connectivity index (χ1) is 13.3. The second-order valence-electron chi connectivity index (χ2n) is 7.05. The third-order valence-corrected chi connectivity index (χ3v) is 5.30. The molecule has 0 bridgehead atoms. The standard InChI is InChI=1S/C21H21N3O3/c25-21-13-16(22-20-5-1-2-9-24(20)21)14-23-8-3-4-17(23)15-6-7-18-19(12-15)27-11-10-26-18/h1-2,5-7,9,12-13,17H,3-4,8,10-11,14H2. The highest BCUT2D eigenvalue weighted by Crippen LogP contribution is 2.38. The van der Waals surface area contributed by atoms with Gasteiger partial charge >= 0.3 is 0 Å². The molecule has 138 valence electrons. The van der Waals surface area contributed by atoms with Gasteiger partial charge in [-0.05, 0) is 49.2 Å². The number of hydrogen-bond acceptors (Lipinski definition) is 5. The van der Waals surface area contributed by atoms with Crippen molar-refractivity contribution in [2.45, 2.75) is 25.4 Å². The van der Waals surface area contributed by atoms with Gasteiger partial charge in [0.05, 0.1) is 5.69 Å². The molecule has 5 rings (SSSR count). The van der Waals surface area contributed by atoms with Crippen molar-refractivity contribution in [3.8, 4) is 11.5 Å². The number of hydrogen-bond donors (Lipinski definition) is 0. The molecule has 1 unspecified atom stereocenters. The van der Waals surface area contributed by atoms with Gasteiger partial charge in [0.2, 0.25) is 0 Å². The Morgan fingerprint density at radius 3 is 2.89 bits per heavy atom. The maximum absolute atomic E-state index is 12.4. The molecule has 2 aliphatic heterocycles. The lowest BCUT2D eigenvalue weighted by molar-refractivity contribution is 0.170. The summed E-state index contributed by atoms with van der Waals surface area (Å²) in [5.74, 6) is 1.64. The number of rotatable bonds is 3. The maximum Gasteiger partial charge on any atom is 0.258 e. The molecular weight excluding hydrogens is 342 g/mol. The van der Waals surface area contributed by atoms with Crippen molar-refractivity contribution in [2.75, 3.05) is 19.8 Å². The zero-order valence-corrected chi connectivity index (χ0v) is 15.0. The number of aromatic nitrogens is 2. The van der Waals surface area contributed by atoms with E-state index < -0.39 is 0 Å². The fraction of sp³-hybridized carbons (Fsp3) is 0.333. The summed E-state index contributed by atoms with van der Waals surface area (Å²) in [6.07, 6.45) is 3.97. The number of fused-ring (bicyclic) bond motifs is 2. The van der Waals surface area contributed by atoms with Gasteiger partial charge in [-0.3, -0.25) is 14.1 Å². The summed E-state index contributed by atoms with van der Waals surface area (Å²) in [5, 5.41) is 0. The van der Waals surface area contributed by atoms with E-state index in [0.717, 1.165) is 36.6 Å². The Morgan fingerprint density at radius 1 is 1.07 bits per heavy atom. The molecule has 6 nitrogen and oxygen atoms in total. The van der Waals surface area contributed by atoms with Crippen molar-refractivity contribution in [2.24, 2.45) is 0 Å². The third-order valence-electron chi connectivity index (χ3n) is 5.30. The van der Waals surface area contributed by atoms with Crippen molar-refractivity contribution in [1.29, 1.82) is 0 Å². The van der Waals surface area contributed by atoms with Crippen LogP contribution in [0.15, 0.2) is 53.5 Å². The van der Waals surface area contributed by atoms with E-state index in [1.807, 2.05) is 24.3 Å². The number of likely N-dealkylation sites (tertiary alicyclic amines) is 1. The highest BCUT2D eigenvalue weighted by Gasteiger charge is 2.27. The lowest BCUT2D eigenvalue weighted by Crippen LogP contribution is -2.25. The van der Waals surface area contributed by atoms with Gasteiger partial charge in [-0.2, -0.15) is 0 Å². The van der Waals surface area contributed by atoms with Gasteiger partial charge in [-0.1, -0.05) is 12.1 Å². The molecule has 1 atom stereocenters. The van der Waals surface area contributed by atoms with E-state index in [9.17, 15) is 4.79 Å². The van der Waals surface area contributed by atoms with E-state index in [1.54, 1.807) is 16.7 Å². The molecule has 1 aromatic carbocycles. The quantitative estimate of drug-likeness (QED) is 0.716. The predicted octanol–water partition coefficient (Wildman–Crippen LogP) is 2.80. The fourth-order valence-corrected chi connectivity index (χ4v) is 4.05. The summed E-state index contributed by atoms with van der Waals surface area (Å²) >= 11 is 0. The van der Waals surface area contributed by atoms with Crippen molar-refractivity contribution < 1.29 is 9.47 Å². The molecule has 1 saturated heterocycles. The minimum Gasteiger partial charge on any atom is -0.486 e. The molecule has 6 heteroatoms. The summed E-state index contributed by atoms with van der Waals surface area (Å²) in [7, 11) is 0. The van der Waals surface area contributed by atoms with E-state index in [0.29, 0.717) is 31.4 Å². The Kier molecular flexibility index (Phi) is 4.05. The first kappa shape index (κ1) is 16.3. The molecule has 3 aromatic rings. The summed E-state index contributed by atoms with van der Waals surface area (Å²) < 4.78 is 12.9. The van der Waals surface area contributed by atoms with Crippen molar-refractivity contribution >= 4 is 5.65 Å². The number of ether oxygens (including phenoxy) is 2. The van der Waals surface area contributed by atoms with Crippen LogP contribution in [0.4, 0.5) is 0 Å². The molecular formula is C21H21N3O3. The van der Waals surface area contributed by atoms with Gasteiger partial charge in [0.15, 0.2) is 11.5 Å². The lowest BCUT2D eigenvalue weighted by Gasteiger charge is -2.26. The summed E-state index contributed by atoms with van der Waals surface area (Å²) in [4.78, 5) is 19.4. The molecule has 2 aliphatic rings. The lowest BCUT2D eigenvalue weighted by atomic mass is 10.0. The van der Waals surface area contributed by atoms with Crippen LogP contribution in [-0.4, -0.2) is 34.0 Å². The topological polar surface area (TPSA) is 56.1 Å². The Labute approximate surface area is 157 Å². The van der Waals surface area contributed by atoms with Gasteiger partial charge in [-0.25, -0.2) is 4.98 Å². The number of benzene rings is 1. The molecule has 0 N–H and O–H groups in total. The van der Waals surface area contributed by atoms with Crippen LogP contribution in [-0.2, 0) is 6.54 Å². The van der Waals surface area contributed by atoms with Crippen LogP contribution < -0.4 is 15.0 Å². The van der Waals surface area contributed by atoms with Crippen molar-refractivity contribution in [3.05, 3.63) is 70.3 Å². The number of nitrogens with zero attached hydrogens (tertiary/aromatic N) is 3. The Hall–Kier alpha value is -2.86. The Morgan fingerprint density at radius 2 is 1.96 bits per heavy atom. The van der Waals surface area contributed by atoms with Crippen molar-refractivity contribution in [1.82, 2.24) is 14.3 Å². The van der Waals surface area contributed by atoms with Gasteiger partial charge < -0.3 is 9.47 Å². The van der Waals surface area contributed by atoms with E-state index in [-0.39, 0.29) is 5.56 Å². The molecule has 4 heterocycles. The zero-order chi connectivity index (χ0) is 18.2. The maximum atomic E-state index is 12.4. The summed E-state index contributed by atoms with van der Waals surface area (Å²) in [6, 6.07) is 13.8. The predicted molar refractivity (Wildman–Crippen MR) is 101 cm³/mol. The normalized spacial score (nSPS) is 19.5. The van der Waals surface area contributed by atoms with Crippen LogP contribution in [0.1, 0.15) is 30.1 Å². The van der Waals surface area contributed by atoms with Gasteiger partial charge in [-0.15, -0.1) is 0 Å². The average Bonchev–Trinajstić information content (AvgIpc) is 3.16. The molecule has 0 radical (unpaired) electrons. The van der Waals surface area contributed by atoms with Gasteiger partial charge in [0.1, 0.15) is 18.9 Å². The highest BCUT2D eigenvalue weighted by molar-refractivity contribution is 5.45. The van der Waals surface area contributed by atoms with Crippen LogP contribution in [0.3, 0.4) is 0 Å². The smallest absolute Gasteiger partial charge is 0.258 e. The van der Waals surface area contributed by atoms with E-state index in [2.05, 4.69) is 22.0 Å². The van der Waals surface area contributed by atoms with Crippen LogP contribution in [0.2, 0.25) is 0 Å². The Bertz CT molecular complexity index is 1050. The first-order valence-electron chi connectivity index (χ1n) is 9.39. The molecule has 0 amide bonds. The average molecular weight is 363 g/mol. The van der Waals surface area contributed by atoms with E-state index >= 15 is 0 Å². The molecule has 1 fully saturated rings. The first-order valence-corrected chi connectivity index (χ1v) is 9.39. The zero-order valence-electron chi connectivity index (χ0n) is 15.0. The molecule has 0 saturated carbocycles. The molecule has 0 aliphatic carbocycles. The van der Waals surface area contributed by atoms with E-state index in [4.69, 9.17) is 9.47 Å². The molecule has 2 aromatic heterocycles. The minimum atomic E-state index is -0.0364. The summed E-state index contributed by atoms with van der Waals surface area (Å²) in [6.45, 7) is 2.86. The molecule has 0 spiro atoms. The van der Waals surface area contributed by atoms with Crippen LogP contribution in [0, 0.1) is 0 Å². The second kappa shape index (κ2) is 6.70. The largest absolute Gasteiger partial charge is 0.486 e. The monoisotopic (exact) mass is 363 g/mol. The van der Waals surface area contributed by atoms with Crippen LogP contribution in [0.25, 0.3) is 5.65 Å². The molecule has 27 heavy (non-hydrogen) atoms. The number of pyridine rings is 1. The van der Waals surface area contributed by atoms with Crippen LogP contribution >= 0.6 is 0 Å². The van der Waals surface area contributed by atoms with Crippen molar-refractivity contribution in [3.63, 3.8) is 0 Å².